The molecule has 0 unspecified atom stereocenters. The molecular weight excluding hydrogens is 212 g/mol. The summed E-state index contributed by atoms with van der Waals surface area (Å²) in [6, 6.07) is 0. The summed E-state index contributed by atoms with van der Waals surface area (Å²) in [7, 11) is -0.781. The Morgan fingerprint density at radius 3 is 2.33 bits per heavy atom. The summed E-state index contributed by atoms with van der Waals surface area (Å²) in [5.41, 5.74) is -0.585. The van der Waals surface area contributed by atoms with Gasteiger partial charge in [0, 0.05) is 22.3 Å². The van der Waals surface area contributed by atoms with Crippen LogP contribution >= 0.6 is 0 Å². The highest BCUT2D eigenvalue weighted by Crippen LogP contribution is 2.37. The van der Waals surface area contributed by atoms with Crippen LogP contribution in [0.15, 0.2) is 0 Å². The molecule has 4 heteroatoms. The summed E-state index contributed by atoms with van der Waals surface area (Å²) < 4.78 is 11.2. The Morgan fingerprint density at radius 2 is 1.93 bits per heavy atom. The van der Waals surface area contributed by atoms with Gasteiger partial charge in [0.05, 0.1) is 5.41 Å². The number of aliphatic carboxylic acids is 1. The number of hydrogen-bond acceptors (Lipinski definition) is 2. The van der Waals surface area contributed by atoms with Crippen LogP contribution in [0, 0.1) is 11.3 Å². The first-order valence-corrected chi connectivity index (χ1v) is 7.03. The fraction of sp³-hybridized carbons (Fsp3) is 0.909. The first-order valence-electron chi connectivity index (χ1n) is 5.55. The topological polar surface area (TPSA) is 54.4 Å². The lowest BCUT2D eigenvalue weighted by Gasteiger charge is -2.33. The molecule has 1 saturated heterocycles. The van der Waals surface area contributed by atoms with Gasteiger partial charge in [0.1, 0.15) is 0 Å². The maximum atomic E-state index is 11.3. The standard InChI is InChI=1S/C11H20O3S/c1-9(2)3-4-11(10(12)13)5-7-15(14)8-6-11/h9H,3-8H2,1-2H3,(H,12,13). The van der Waals surface area contributed by atoms with E-state index in [0.717, 1.165) is 12.8 Å². The molecule has 0 atom stereocenters. The Bertz CT molecular complexity index is 251. The van der Waals surface area contributed by atoms with Gasteiger partial charge in [-0.3, -0.25) is 9.00 Å². The Hall–Kier alpha value is -0.380. The van der Waals surface area contributed by atoms with E-state index in [1.54, 1.807) is 0 Å². The molecule has 0 aromatic heterocycles. The Morgan fingerprint density at radius 1 is 1.40 bits per heavy atom. The summed E-state index contributed by atoms with van der Waals surface area (Å²) in [6.07, 6.45) is 2.85. The van der Waals surface area contributed by atoms with Crippen LogP contribution in [0.3, 0.4) is 0 Å². The third-order valence-corrected chi connectivity index (χ3v) is 4.59. The lowest BCUT2D eigenvalue weighted by atomic mass is 9.76. The van der Waals surface area contributed by atoms with E-state index in [9.17, 15) is 14.1 Å². The third-order valence-electron chi connectivity index (χ3n) is 3.27. The summed E-state index contributed by atoms with van der Waals surface area (Å²) in [4.78, 5) is 11.3. The van der Waals surface area contributed by atoms with Crippen molar-refractivity contribution >= 4 is 16.8 Å². The molecular formula is C11H20O3S. The van der Waals surface area contributed by atoms with Crippen LogP contribution in [0.5, 0.6) is 0 Å². The molecule has 0 radical (unpaired) electrons. The molecule has 88 valence electrons. The quantitative estimate of drug-likeness (QED) is 0.807. The van der Waals surface area contributed by atoms with E-state index in [0.29, 0.717) is 30.3 Å². The van der Waals surface area contributed by atoms with Gasteiger partial charge >= 0.3 is 5.97 Å². The Balaban J connectivity index is 2.63. The van der Waals surface area contributed by atoms with Crippen molar-refractivity contribution in [1.29, 1.82) is 0 Å². The van der Waals surface area contributed by atoms with Gasteiger partial charge in [-0.05, 0) is 31.6 Å². The molecule has 0 bridgehead atoms. The van der Waals surface area contributed by atoms with Crippen molar-refractivity contribution in [2.75, 3.05) is 11.5 Å². The molecule has 1 aliphatic rings. The van der Waals surface area contributed by atoms with Gasteiger partial charge in [-0.1, -0.05) is 13.8 Å². The van der Waals surface area contributed by atoms with Gasteiger partial charge in [-0.25, -0.2) is 0 Å². The van der Waals surface area contributed by atoms with Crippen molar-refractivity contribution in [3.05, 3.63) is 0 Å². The lowest BCUT2D eigenvalue weighted by molar-refractivity contribution is -0.150. The minimum Gasteiger partial charge on any atom is -0.481 e. The summed E-state index contributed by atoms with van der Waals surface area (Å²) in [6.45, 7) is 4.22. The predicted octanol–water partition coefficient (Wildman–Crippen LogP) is 2.04. The highest BCUT2D eigenvalue weighted by Gasteiger charge is 2.40. The Kier molecular flexibility index (Phi) is 4.32. The number of rotatable bonds is 4. The van der Waals surface area contributed by atoms with Crippen molar-refractivity contribution in [2.45, 2.75) is 39.5 Å². The molecule has 1 aliphatic heterocycles. The fourth-order valence-corrected chi connectivity index (χ4v) is 3.42. The van der Waals surface area contributed by atoms with Gasteiger partial charge in [0.25, 0.3) is 0 Å². The zero-order valence-corrected chi connectivity index (χ0v) is 10.3. The average Bonchev–Trinajstić information content (AvgIpc) is 2.17. The largest absolute Gasteiger partial charge is 0.481 e. The number of carbonyl (C=O) groups is 1. The zero-order valence-electron chi connectivity index (χ0n) is 9.49. The van der Waals surface area contributed by atoms with Gasteiger partial charge in [0.15, 0.2) is 0 Å². The number of carboxylic acid groups (broad SMARTS) is 1. The molecule has 1 heterocycles. The molecule has 1 fully saturated rings. The predicted molar refractivity (Wildman–Crippen MR) is 61.3 cm³/mol. The van der Waals surface area contributed by atoms with E-state index in [1.807, 2.05) is 0 Å². The van der Waals surface area contributed by atoms with Crippen LogP contribution in [0.4, 0.5) is 0 Å². The molecule has 15 heavy (non-hydrogen) atoms. The molecule has 0 aliphatic carbocycles. The average molecular weight is 232 g/mol. The molecule has 1 rings (SSSR count). The Labute approximate surface area is 93.7 Å². The van der Waals surface area contributed by atoms with Gasteiger partial charge in [0.2, 0.25) is 0 Å². The van der Waals surface area contributed by atoms with Crippen molar-refractivity contribution in [2.24, 2.45) is 11.3 Å². The fourth-order valence-electron chi connectivity index (χ4n) is 1.98. The molecule has 0 spiro atoms. The lowest BCUT2D eigenvalue weighted by Crippen LogP contribution is -2.38. The van der Waals surface area contributed by atoms with E-state index in [4.69, 9.17) is 0 Å². The van der Waals surface area contributed by atoms with Crippen LogP contribution in [0.25, 0.3) is 0 Å². The zero-order chi connectivity index (χ0) is 11.5. The normalized spacial score (nSPS) is 31.8. The summed E-state index contributed by atoms with van der Waals surface area (Å²) in [5.74, 6) is 0.961. The number of hydrogen-bond donors (Lipinski definition) is 1. The van der Waals surface area contributed by atoms with Gasteiger partial charge in [-0.2, -0.15) is 0 Å². The summed E-state index contributed by atoms with van der Waals surface area (Å²) >= 11 is 0. The maximum absolute atomic E-state index is 11.3. The molecule has 3 nitrogen and oxygen atoms in total. The van der Waals surface area contributed by atoms with E-state index in [-0.39, 0.29) is 0 Å². The summed E-state index contributed by atoms with van der Waals surface area (Å²) in [5, 5.41) is 9.29. The SMILES string of the molecule is CC(C)CCC1(C(=O)O)CCS(=O)CC1. The van der Waals surface area contributed by atoms with E-state index >= 15 is 0 Å². The second-order valence-electron chi connectivity index (χ2n) is 4.87. The first kappa shape index (κ1) is 12.7. The first-order chi connectivity index (χ1) is 6.96. The molecule has 0 amide bonds. The third kappa shape index (κ3) is 3.30. The minimum absolute atomic E-state index is 0.536. The van der Waals surface area contributed by atoms with Gasteiger partial charge in [-0.15, -0.1) is 0 Å². The van der Waals surface area contributed by atoms with E-state index < -0.39 is 22.2 Å². The van der Waals surface area contributed by atoms with E-state index in [2.05, 4.69) is 13.8 Å². The maximum Gasteiger partial charge on any atom is 0.309 e. The molecule has 0 aromatic carbocycles. The van der Waals surface area contributed by atoms with Crippen LogP contribution in [0.2, 0.25) is 0 Å². The van der Waals surface area contributed by atoms with Crippen LogP contribution < -0.4 is 0 Å². The van der Waals surface area contributed by atoms with Crippen LogP contribution in [-0.4, -0.2) is 26.8 Å². The van der Waals surface area contributed by atoms with Crippen molar-refractivity contribution in [1.82, 2.24) is 0 Å². The number of carboxylic acids is 1. The van der Waals surface area contributed by atoms with Crippen molar-refractivity contribution in [3.8, 4) is 0 Å². The second kappa shape index (κ2) is 5.10. The van der Waals surface area contributed by atoms with E-state index in [1.165, 1.54) is 0 Å². The molecule has 1 N–H and O–H groups in total. The van der Waals surface area contributed by atoms with Crippen LogP contribution in [0.1, 0.15) is 39.5 Å². The smallest absolute Gasteiger partial charge is 0.309 e. The molecule has 0 saturated carbocycles. The van der Waals surface area contributed by atoms with Crippen molar-refractivity contribution in [3.63, 3.8) is 0 Å². The van der Waals surface area contributed by atoms with Crippen LogP contribution in [-0.2, 0) is 15.6 Å². The second-order valence-corrected chi connectivity index (χ2v) is 6.56. The highest BCUT2D eigenvalue weighted by atomic mass is 32.2. The van der Waals surface area contributed by atoms with Gasteiger partial charge < -0.3 is 5.11 Å². The molecule has 0 aromatic rings. The highest BCUT2D eigenvalue weighted by molar-refractivity contribution is 7.85. The van der Waals surface area contributed by atoms with Crippen molar-refractivity contribution < 1.29 is 14.1 Å². The minimum atomic E-state index is -0.781. The monoisotopic (exact) mass is 232 g/mol.